The van der Waals surface area contributed by atoms with Gasteiger partial charge in [-0.2, -0.15) is 5.26 Å². The number of hydrogen-bond donors (Lipinski definition) is 0. The van der Waals surface area contributed by atoms with Gasteiger partial charge in [-0.05, 0) is 81.0 Å². The van der Waals surface area contributed by atoms with Crippen molar-refractivity contribution in [2.24, 2.45) is 13.0 Å². The van der Waals surface area contributed by atoms with E-state index in [-0.39, 0.29) is 18.1 Å². The van der Waals surface area contributed by atoms with Gasteiger partial charge in [0.1, 0.15) is 23.2 Å². The molecule has 3 aromatic heterocycles. The van der Waals surface area contributed by atoms with Gasteiger partial charge in [-0.3, -0.25) is 0 Å². The fourth-order valence-electron chi connectivity index (χ4n) is 4.72. The number of pyridine rings is 2. The minimum absolute atomic E-state index is 0. The van der Waals surface area contributed by atoms with Crippen LogP contribution in [0.3, 0.4) is 0 Å². The van der Waals surface area contributed by atoms with E-state index >= 15 is 0 Å². The molecule has 4 aromatic rings. The van der Waals surface area contributed by atoms with Gasteiger partial charge in [0.25, 0.3) is 0 Å². The smallest absolute Gasteiger partial charge is 0.170 e. The summed E-state index contributed by atoms with van der Waals surface area (Å²) < 4.78 is 7.82. The highest BCUT2D eigenvalue weighted by Gasteiger charge is 2.20. The number of anilines is 1. The van der Waals surface area contributed by atoms with Gasteiger partial charge in [0.15, 0.2) is 5.69 Å². The summed E-state index contributed by atoms with van der Waals surface area (Å²) in [4.78, 5) is 11.6. The van der Waals surface area contributed by atoms with Gasteiger partial charge in [0.2, 0.25) is 0 Å². The van der Waals surface area contributed by atoms with Crippen LogP contribution in [-0.2, 0) is 7.05 Å². The topological polar surface area (TPSA) is 92.8 Å². The highest BCUT2D eigenvalue weighted by Crippen LogP contribution is 2.29. The van der Waals surface area contributed by atoms with Crippen molar-refractivity contribution in [3.05, 3.63) is 59.4 Å². The number of fused-ring (bicyclic) bond motifs is 1. The van der Waals surface area contributed by atoms with E-state index in [4.69, 9.17) is 4.74 Å². The molecular weight excluding hydrogens is 474 g/mol. The number of ether oxygens (including phenoxy) is 1. The normalized spacial score (nSPS) is 13.9. The third-order valence-corrected chi connectivity index (χ3v) is 6.77. The largest absolute Gasteiger partial charge is 0.493 e. The molecule has 186 valence electrons. The molecule has 1 saturated heterocycles. The molecule has 1 aliphatic rings. The molecule has 9 heteroatoms. The number of nitrogens with zero attached hydrogens (tertiary/aromatic N) is 7. The summed E-state index contributed by atoms with van der Waals surface area (Å²) >= 11 is 0. The van der Waals surface area contributed by atoms with Gasteiger partial charge in [0.05, 0.1) is 17.8 Å². The molecule has 36 heavy (non-hydrogen) atoms. The van der Waals surface area contributed by atoms with Crippen LogP contribution in [0.5, 0.6) is 5.75 Å². The van der Waals surface area contributed by atoms with E-state index < -0.39 is 0 Å². The van der Waals surface area contributed by atoms with Gasteiger partial charge in [0, 0.05) is 31.4 Å². The lowest BCUT2D eigenvalue weighted by Gasteiger charge is -2.33. The monoisotopic (exact) mass is 503 g/mol. The minimum atomic E-state index is 0. The molecule has 0 N–H and O–H groups in total. The molecular formula is C27H30ClN7O. The Bertz CT molecular complexity index is 1400. The van der Waals surface area contributed by atoms with E-state index in [1.54, 1.807) is 4.68 Å². The predicted molar refractivity (Wildman–Crippen MR) is 142 cm³/mol. The fraction of sp³-hybridized carbons (Fsp3) is 0.370. The van der Waals surface area contributed by atoms with Crippen molar-refractivity contribution in [1.82, 2.24) is 25.0 Å². The first-order chi connectivity index (χ1) is 17.0. The number of rotatable bonds is 6. The molecule has 0 saturated carbocycles. The average Bonchev–Trinajstić information content (AvgIpc) is 3.25. The predicted octanol–water partition coefficient (Wildman–Crippen LogP) is 5.02. The molecule has 1 fully saturated rings. The van der Waals surface area contributed by atoms with Crippen LogP contribution < -0.4 is 9.64 Å². The van der Waals surface area contributed by atoms with E-state index in [0.717, 1.165) is 72.0 Å². The number of nitriles is 1. The van der Waals surface area contributed by atoms with Gasteiger partial charge in [-0.1, -0.05) is 11.3 Å². The molecule has 0 bridgehead atoms. The molecule has 1 aromatic carbocycles. The third-order valence-electron chi connectivity index (χ3n) is 6.77. The first kappa shape index (κ1) is 25.4. The van der Waals surface area contributed by atoms with Gasteiger partial charge in [-0.15, -0.1) is 17.5 Å². The SMILES string of the molecule is Cc1cccc(N2CCC(CCOc3ccc(-c4cc5c(nnn5C)c(C#N)n4)cc3C)CC2)n1.Cl. The Morgan fingerprint density at radius 2 is 1.89 bits per heavy atom. The second kappa shape index (κ2) is 10.9. The second-order valence-corrected chi connectivity index (χ2v) is 9.23. The van der Waals surface area contributed by atoms with Crippen LogP contribution in [0.1, 0.15) is 36.2 Å². The molecule has 0 atom stereocenters. The summed E-state index contributed by atoms with van der Waals surface area (Å²) in [6.45, 7) is 6.88. The average molecular weight is 504 g/mol. The Balaban J connectivity index is 0.00000304. The molecule has 1 aliphatic heterocycles. The van der Waals surface area contributed by atoms with Gasteiger partial charge in [-0.25, -0.2) is 14.6 Å². The summed E-state index contributed by atoms with van der Waals surface area (Å²) in [5.41, 5.74) is 5.37. The lowest BCUT2D eigenvalue weighted by Crippen LogP contribution is -2.34. The van der Waals surface area contributed by atoms with Crippen LogP contribution in [0.4, 0.5) is 5.82 Å². The number of aromatic nitrogens is 5. The van der Waals surface area contributed by atoms with Crippen molar-refractivity contribution in [2.45, 2.75) is 33.1 Å². The lowest BCUT2D eigenvalue weighted by atomic mass is 9.94. The molecule has 0 amide bonds. The van der Waals surface area contributed by atoms with Gasteiger partial charge < -0.3 is 9.64 Å². The van der Waals surface area contributed by atoms with E-state index in [1.807, 2.05) is 45.2 Å². The van der Waals surface area contributed by atoms with E-state index in [2.05, 4.69) is 49.4 Å². The zero-order valence-electron chi connectivity index (χ0n) is 20.8. The number of aryl methyl sites for hydroxylation is 3. The van der Waals surface area contributed by atoms with Crippen LogP contribution in [0.25, 0.3) is 22.3 Å². The minimum Gasteiger partial charge on any atom is -0.493 e. The number of piperidine rings is 1. The van der Waals surface area contributed by atoms with E-state index in [0.29, 0.717) is 18.0 Å². The first-order valence-corrected chi connectivity index (χ1v) is 12.0. The van der Waals surface area contributed by atoms with Crippen molar-refractivity contribution < 1.29 is 4.74 Å². The zero-order valence-corrected chi connectivity index (χ0v) is 21.6. The first-order valence-electron chi connectivity index (χ1n) is 12.0. The zero-order chi connectivity index (χ0) is 24.4. The molecule has 0 unspecified atom stereocenters. The Kier molecular flexibility index (Phi) is 7.70. The van der Waals surface area contributed by atoms with Crippen LogP contribution in [0.2, 0.25) is 0 Å². The van der Waals surface area contributed by atoms with Gasteiger partial charge >= 0.3 is 0 Å². The Hall–Kier alpha value is -3.70. The maximum absolute atomic E-state index is 9.49. The summed E-state index contributed by atoms with van der Waals surface area (Å²) in [6.07, 6.45) is 3.37. The second-order valence-electron chi connectivity index (χ2n) is 9.23. The maximum atomic E-state index is 9.49. The standard InChI is InChI=1S/C27H29N7O.ClH/c1-18-15-21(22-16-24-27(23(17-28)30-22)31-32-33(24)3)7-8-25(18)35-14-11-20-9-12-34(13-10-20)26-6-4-5-19(2)29-26;/h4-8,15-16,20H,9-14H2,1-3H3;1H. The fourth-order valence-corrected chi connectivity index (χ4v) is 4.72. The van der Waals surface area contributed by atoms with Crippen LogP contribution >= 0.6 is 12.4 Å². The summed E-state index contributed by atoms with van der Waals surface area (Å²) in [5, 5.41) is 17.6. The molecule has 0 aliphatic carbocycles. The van der Waals surface area contributed by atoms with Crippen molar-refractivity contribution >= 4 is 29.3 Å². The molecule has 5 rings (SSSR count). The van der Waals surface area contributed by atoms with Crippen molar-refractivity contribution in [2.75, 3.05) is 24.6 Å². The van der Waals surface area contributed by atoms with Crippen LogP contribution in [0, 0.1) is 31.1 Å². The third kappa shape index (κ3) is 5.26. The summed E-state index contributed by atoms with van der Waals surface area (Å²) in [7, 11) is 1.81. The molecule has 0 radical (unpaired) electrons. The molecule has 4 heterocycles. The number of halogens is 1. The summed E-state index contributed by atoms with van der Waals surface area (Å²) in [5.74, 6) is 2.65. The Morgan fingerprint density at radius 3 is 2.61 bits per heavy atom. The maximum Gasteiger partial charge on any atom is 0.170 e. The van der Waals surface area contributed by atoms with Crippen LogP contribution in [0.15, 0.2) is 42.5 Å². The number of benzene rings is 1. The lowest BCUT2D eigenvalue weighted by molar-refractivity contribution is 0.257. The van der Waals surface area contributed by atoms with Crippen molar-refractivity contribution in [3.8, 4) is 23.1 Å². The molecule has 8 nitrogen and oxygen atoms in total. The quantitative estimate of drug-likeness (QED) is 0.364. The Morgan fingerprint density at radius 1 is 1.08 bits per heavy atom. The molecule has 0 spiro atoms. The highest BCUT2D eigenvalue weighted by atomic mass is 35.5. The van der Waals surface area contributed by atoms with Crippen LogP contribution in [-0.4, -0.2) is 44.7 Å². The van der Waals surface area contributed by atoms with Crippen molar-refractivity contribution in [3.63, 3.8) is 0 Å². The Labute approximate surface area is 217 Å². The number of hydrogen-bond acceptors (Lipinski definition) is 7. The highest BCUT2D eigenvalue weighted by molar-refractivity contribution is 5.85. The summed E-state index contributed by atoms with van der Waals surface area (Å²) in [6, 6.07) is 16.3. The van der Waals surface area contributed by atoms with E-state index in [1.165, 1.54) is 0 Å². The van der Waals surface area contributed by atoms with Crippen molar-refractivity contribution in [1.29, 1.82) is 5.26 Å². The van der Waals surface area contributed by atoms with E-state index in [9.17, 15) is 5.26 Å².